The summed E-state index contributed by atoms with van der Waals surface area (Å²) in [5, 5.41) is 14.3. The molecule has 2 N–H and O–H groups in total. The van der Waals surface area contributed by atoms with Gasteiger partial charge in [0.05, 0.1) is 6.61 Å². The van der Waals surface area contributed by atoms with Gasteiger partial charge in [0, 0.05) is 6.08 Å². The highest BCUT2D eigenvalue weighted by Crippen LogP contribution is 2.44. The van der Waals surface area contributed by atoms with E-state index in [2.05, 4.69) is 107 Å². The molecule has 1 fully saturated rings. The molecule has 0 spiro atoms. The highest BCUT2D eigenvalue weighted by molar-refractivity contribution is 6.75. The van der Waals surface area contributed by atoms with Gasteiger partial charge in [0.2, 0.25) is 5.91 Å². The molecule has 1 saturated heterocycles. The Morgan fingerprint density at radius 1 is 0.821 bits per heavy atom. The quantitative estimate of drug-likeness (QED) is 0.317. The van der Waals surface area contributed by atoms with Crippen molar-refractivity contribution in [2.45, 2.75) is 154 Å². The van der Waals surface area contributed by atoms with Gasteiger partial charge in [-0.3, -0.25) is 4.79 Å². The average molecular weight is 604 g/mol. The average Bonchev–Trinajstić information content (AvgIpc) is 3.13. The fourth-order valence-corrected chi connectivity index (χ4v) is 7.23. The summed E-state index contributed by atoms with van der Waals surface area (Å²) in [5.74, 6) is -0.240. The molecule has 0 aromatic carbocycles. The molecule has 0 aromatic rings. The number of hydrogen-bond donors (Lipinski definition) is 2. The highest BCUT2D eigenvalue weighted by Gasteiger charge is 2.55. The van der Waals surface area contributed by atoms with Gasteiger partial charge in [0.1, 0.15) is 24.4 Å². The Morgan fingerprint density at radius 3 is 1.69 bits per heavy atom. The molecule has 228 valence electrons. The summed E-state index contributed by atoms with van der Waals surface area (Å²) in [6.45, 7) is 33.2. The van der Waals surface area contributed by atoms with Gasteiger partial charge >= 0.3 is 0 Å². The molecule has 6 atom stereocenters. The first kappa shape index (κ1) is 34.8. The fourth-order valence-electron chi connectivity index (χ4n) is 3.59. The number of amides is 1. The number of ether oxygens (including phenoxy) is 2. The van der Waals surface area contributed by atoms with E-state index in [1.807, 2.05) is 0 Å². The molecule has 2 heterocycles. The van der Waals surface area contributed by atoms with Crippen molar-refractivity contribution in [3.63, 3.8) is 0 Å². The first-order valence-electron chi connectivity index (χ1n) is 14.3. The number of carbonyl (C=O) groups is 1. The smallest absolute Gasteiger partial charge is 0.246 e. The predicted octanol–water partition coefficient (Wildman–Crippen LogP) is 5.90. The van der Waals surface area contributed by atoms with Crippen LogP contribution < -0.4 is 5.32 Å². The van der Waals surface area contributed by atoms with Gasteiger partial charge in [-0.2, -0.15) is 0 Å². The van der Waals surface area contributed by atoms with E-state index in [-0.39, 0.29) is 21.0 Å². The van der Waals surface area contributed by atoms with Crippen LogP contribution in [0.3, 0.4) is 0 Å². The summed E-state index contributed by atoms with van der Waals surface area (Å²) in [5.41, 5.74) is 0. The van der Waals surface area contributed by atoms with Crippen molar-refractivity contribution in [3.8, 4) is 0 Å². The molecule has 0 aromatic heterocycles. The summed E-state index contributed by atoms with van der Waals surface area (Å²) in [4.78, 5) is 11.8. The van der Waals surface area contributed by atoms with Gasteiger partial charge in [0.25, 0.3) is 0 Å². The van der Waals surface area contributed by atoms with E-state index in [4.69, 9.17) is 22.8 Å². The summed E-state index contributed by atoms with van der Waals surface area (Å²) in [7, 11) is -6.79. The van der Waals surface area contributed by atoms with Crippen LogP contribution in [-0.2, 0) is 27.5 Å². The van der Waals surface area contributed by atoms with Crippen molar-refractivity contribution >= 4 is 30.9 Å². The molecule has 1 amide bonds. The minimum Gasteiger partial charge on any atom is -0.414 e. The maximum absolute atomic E-state index is 11.8. The second-order valence-electron chi connectivity index (χ2n) is 15.7. The van der Waals surface area contributed by atoms with Crippen molar-refractivity contribution in [1.29, 1.82) is 0 Å². The van der Waals surface area contributed by atoms with Crippen molar-refractivity contribution in [3.05, 3.63) is 12.2 Å². The molecular weight excluding hydrogens is 547 g/mol. The van der Waals surface area contributed by atoms with Gasteiger partial charge in [0.15, 0.2) is 37.5 Å². The van der Waals surface area contributed by atoms with Crippen LogP contribution in [-0.4, -0.2) is 79.5 Å². The third kappa shape index (κ3) is 8.35. The first-order valence-corrected chi connectivity index (χ1v) is 23.0. The number of rotatable bonds is 9. The molecule has 2 aliphatic heterocycles. The van der Waals surface area contributed by atoms with E-state index < -0.39 is 61.9 Å². The predicted molar refractivity (Wildman–Crippen MR) is 164 cm³/mol. The monoisotopic (exact) mass is 603 g/mol. The number of nitrogens with one attached hydrogen (secondary N) is 1. The molecule has 0 saturated carbocycles. The van der Waals surface area contributed by atoms with Crippen LogP contribution in [0.2, 0.25) is 54.4 Å². The Kier molecular flexibility index (Phi) is 10.5. The van der Waals surface area contributed by atoms with Gasteiger partial charge in [-0.15, -0.1) is 0 Å². The summed E-state index contributed by atoms with van der Waals surface area (Å²) in [6, 6.07) is 0. The molecule has 39 heavy (non-hydrogen) atoms. The minimum absolute atomic E-state index is 0.0167. The second kappa shape index (κ2) is 11.7. The molecule has 11 heteroatoms. The third-order valence-electron chi connectivity index (χ3n) is 9.49. The lowest BCUT2D eigenvalue weighted by molar-refractivity contribution is -0.303. The SMILES string of the molecule is CC(C)(C)[Si](C)(C)OC[C@H]1OC(OC2C=CC(=O)N2)[C@H](O)[C@@H](O[Si](C)(C)C(C)(C)C)[C@@H]1O[Si](C)(C)C(C)(C)C. The number of hydrogen-bond acceptors (Lipinski definition) is 7. The molecule has 2 unspecified atom stereocenters. The zero-order valence-electron chi connectivity index (χ0n) is 27.2. The normalized spacial score (nSPS) is 29.6. The lowest BCUT2D eigenvalue weighted by Gasteiger charge is -2.52. The van der Waals surface area contributed by atoms with Crippen LogP contribution in [0.15, 0.2) is 12.2 Å². The zero-order valence-corrected chi connectivity index (χ0v) is 30.2. The van der Waals surface area contributed by atoms with Crippen LogP contribution in [0.25, 0.3) is 0 Å². The van der Waals surface area contributed by atoms with Crippen LogP contribution in [0.5, 0.6) is 0 Å². The highest BCUT2D eigenvalue weighted by atomic mass is 28.4. The Hall–Kier alpha value is -0.379. The molecule has 2 aliphatic rings. The first-order chi connectivity index (χ1) is 17.3. The molecule has 2 rings (SSSR count). The van der Waals surface area contributed by atoms with E-state index in [9.17, 15) is 9.90 Å². The lowest BCUT2D eigenvalue weighted by atomic mass is 9.99. The van der Waals surface area contributed by atoms with E-state index >= 15 is 0 Å². The Labute approximate surface area is 240 Å². The summed E-state index contributed by atoms with van der Waals surface area (Å²) < 4.78 is 33.2. The number of aliphatic hydroxyl groups is 1. The van der Waals surface area contributed by atoms with Gasteiger partial charge < -0.3 is 33.2 Å². The van der Waals surface area contributed by atoms with Crippen molar-refractivity contribution < 1.29 is 32.7 Å². The maximum Gasteiger partial charge on any atom is 0.246 e. The van der Waals surface area contributed by atoms with E-state index in [0.717, 1.165) is 0 Å². The van der Waals surface area contributed by atoms with Crippen LogP contribution in [0, 0.1) is 0 Å². The fraction of sp³-hybridized carbons (Fsp3) is 0.893. The largest absolute Gasteiger partial charge is 0.414 e. The van der Waals surface area contributed by atoms with Crippen molar-refractivity contribution in [2.75, 3.05) is 6.61 Å². The second-order valence-corrected chi connectivity index (χ2v) is 30.0. The Morgan fingerprint density at radius 2 is 1.28 bits per heavy atom. The molecular formula is C28H57NO7Si3. The minimum atomic E-state index is -2.35. The van der Waals surface area contributed by atoms with E-state index in [0.29, 0.717) is 6.61 Å². The Bertz CT molecular complexity index is 887. The summed E-state index contributed by atoms with van der Waals surface area (Å²) >= 11 is 0. The van der Waals surface area contributed by atoms with Crippen LogP contribution in [0.1, 0.15) is 62.3 Å². The molecule has 0 bridgehead atoms. The van der Waals surface area contributed by atoms with Gasteiger partial charge in [-0.25, -0.2) is 0 Å². The zero-order chi connectivity index (χ0) is 30.4. The third-order valence-corrected chi connectivity index (χ3v) is 22.9. The number of aliphatic hydroxyl groups excluding tert-OH is 1. The van der Waals surface area contributed by atoms with Gasteiger partial charge in [-0.05, 0) is 60.5 Å². The lowest BCUT2D eigenvalue weighted by Crippen LogP contribution is -2.67. The Balaban J connectivity index is 2.54. The van der Waals surface area contributed by atoms with E-state index in [1.54, 1.807) is 6.08 Å². The molecule has 8 nitrogen and oxygen atoms in total. The van der Waals surface area contributed by atoms with Crippen molar-refractivity contribution in [1.82, 2.24) is 5.32 Å². The van der Waals surface area contributed by atoms with E-state index in [1.165, 1.54) is 6.08 Å². The number of carbonyl (C=O) groups excluding carboxylic acids is 1. The topological polar surface area (TPSA) is 95.5 Å². The molecule has 0 radical (unpaired) electrons. The molecule has 0 aliphatic carbocycles. The standard InChI is InChI=1S/C28H57NO7Si3/c1-26(2,3)37(10,11)32-18-19-23(35-38(12,13)27(4,5)6)24(36-39(14,15)28(7,8)9)22(31)25(33-19)34-21-17-16-20(30)29-21/h16-17,19,21-25,31H,18H2,1-15H3,(H,29,30)/t19-,21?,22-,23-,24-,25?/m1/s1. The van der Waals surface area contributed by atoms with Crippen LogP contribution in [0.4, 0.5) is 0 Å². The maximum atomic E-state index is 11.8. The van der Waals surface area contributed by atoms with Crippen LogP contribution >= 0.6 is 0 Å². The van der Waals surface area contributed by atoms with Crippen molar-refractivity contribution in [2.24, 2.45) is 0 Å². The summed E-state index contributed by atoms with van der Waals surface area (Å²) in [6.07, 6.45) is -1.56. The van der Waals surface area contributed by atoms with Gasteiger partial charge in [-0.1, -0.05) is 62.3 Å².